The van der Waals surface area contributed by atoms with Crippen LogP contribution in [-0.2, 0) is 16.0 Å². The van der Waals surface area contributed by atoms with Crippen LogP contribution in [0.4, 0.5) is 10.3 Å². The number of methoxy groups -OCH3 is 2. The summed E-state index contributed by atoms with van der Waals surface area (Å²) in [7, 11) is 4.99. The van der Waals surface area contributed by atoms with Gasteiger partial charge < -0.3 is 34.9 Å². The van der Waals surface area contributed by atoms with Crippen molar-refractivity contribution in [3.63, 3.8) is 0 Å². The Morgan fingerprint density at radius 3 is 2.51 bits per heavy atom. The van der Waals surface area contributed by atoms with E-state index in [9.17, 15) is 4.39 Å². The van der Waals surface area contributed by atoms with Crippen LogP contribution in [0, 0.1) is 5.82 Å². The van der Waals surface area contributed by atoms with Crippen LogP contribution in [0.25, 0.3) is 11.0 Å². The highest BCUT2D eigenvalue weighted by molar-refractivity contribution is 5.79. The fourth-order valence-electron chi connectivity index (χ4n) is 4.60. The van der Waals surface area contributed by atoms with E-state index in [2.05, 4.69) is 36.5 Å². The van der Waals surface area contributed by atoms with E-state index < -0.39 is 0 Å². The maximum Gasteiger partial charge on any atom is 0.204 e. The van der Waals surface area contributed by atoms with Crippen LogP contribution in [-0.4, -0.2) is 86.7 Å². The van der Waals surface area contributed by atoms with Crippen molar-refractivity contribution in [3.8, 4) is 0 Å². The lowest BCUT2D eigenvalue weighted by molar-refractivity contribution is -0.0966. The first-order chi connectivity index (χ1) is 18.1. The largest absolute Gasteiger partial charge is 0.355 e. The summed E-state index contributed by atoms with van der Waals surface area (Å²) in [6.45, 7) is 4.93. The second-order valence-corrected chi connectivity index (χ2v) is 9.18. The Morgan fingerprint density at radius 2 is 1.81 bits per heavy atom. The Labute approximate surface area is 218 Å². The van der Waals surface area contributed by atoms with E-state index in [1.54, 1.807) is 21.3 Å². The molecule has 2 aromatic carbocycles. The second-order valence-electron chi connectivity index (χ2n) is 9.18. The highest BCUT2D eigenvalue weighted by Crippen LogP contribution is 2.24. The monoisotopic (exact) mass is 511 g/mol. The number of para-hydroxylation sites is 2. The lowest BCUT2D eigenvalue weighted by Crippen LogP contribution is -2.46. The lowest BCUT2D eigenvalue weighted by atomic mass is 10.1. The molecule has 0 bridgehead atoms. The summed E-state index contributed by atoms with van der Waals surface area (Å²) in [5.74, 6) is 1.38. The summed E-state index contributed by atoms with van der Waals surface area (Å²) in [4.78, 5) is 11.6. The van der Waals surface area contributed by atoms with Gasteiger partial charge in [0.05, 0.1) is 24.1 Å². The van der Waals surface area contributed by atoms with E-state index in [1.165, 1.54) is 12.1 Å². The normalized spacial score (nSPS) is 15.4. The van der Waals surface area contributed by atoms with Gasteiger partial charge in [-0.1, -0.05) is 24.3 Å². The maximum absolute atomic E-state index is 13.4. The van der Waals surface area contributed by atoms with Crippen molar-refractivity contribution in [1.29, 1.82) is 0 Å². The number of nitrogens with zero attached hydrogens (tertiary/aromatic N) is 4. The van der Waals surface area contributed by atoms with Gasteiger partial charge in [0.15, 0.2) is 12.2 Å². The second kappa shape index (κ2) is 13.4. The summed E-state index contributed by atoms with van der Waals surface area (Å²) >= 11 is 0. The smallest absolute Gasteiger partial charge is 0.204 e. The zero-order chi connectivity index (χ0) is 26.0. The summed E-state index contributed by atoms with van der Waals surface area (Å²) in [6.07, 6.45) is 1.76. The summed E-state index contributed by atoms with van der Waals surface area (Å²) in [6, 6.07) is 15.2. The number of benzene rings is 2. The molecule has 0 amide bonds. The molecule has 10 heteroatoms. The molecule has 0 spiro atoms. The first-order valence-electron chi connectivity index (χ1n) is 12.8. The third-order valence-corrected chi connectivity index (χ3v) is 6.74. The molecule has 0 aliphatic carbocycles. The predicted octanol–water partition coefficient (Wildman–Crippen LogP) is 2.88. The Morgan fingerprint density at radius 1 is 1.08 bits per heavy atom. The topological polar surface area (TPSA) is 88.0 Å². The van der Waals surface area contributed by atoms with Gasteiger partial charge in [0, 0.05) is 53.5 Å². The van der Waals surface area contributed by atoms with Gasteiger partial charge in [-0.2, -0.15) is 0 Å². The van der Waals surface area contributed by atoms with Crippen molar-refractivity contribution >= 4 is 22.9 Å². The Bertz CT molecular complexity index is 1140. The van der Waals surface area contributed by atoms with Crippen molar-refractivity contribution in [2.75, 3.05) is 59.3 Å². The molecule has 1 saturated heterocycles. The van der Waals surface area contributed by atoms with Gasteiger partial charge in [0.2, 0.25) is 5.95 Å². The van der Waals surface area contributed by atoms with Crippen molar-refractivity contribution in [3.05, 3.63) is 59.9 Å². The molecule has 4 rings (SSSR count). The molecule has 1 fully saturated rings. The van der Waals surface area contributed by atoms with Gasteiger partial charge in [-0.05, 0) is 42.7 Å². The number of fused-ring (bicyclic) bond motifs is 1. The van der Waals surface area contributed by atoms with Gasteiger partial charge in [-0.15, -0.1) is 0 Å². The van der Waals surface area contributed by atoms with E-state index in [1.807, 2.05) is 30.3 Å². The number of imidazole rings is 1. The number of aliphatic imine (C=N–C) groups is 1. The number of nitrogens with one attached hydrogen (secondary N) is 3. The number of piperidine rings is 1. The zero-order valence-corrected chi connectivity index (χ0v) is 21.9. The molecule has 3 N–H and O–H groups in total. The third-order valence-electron chi connectivity index (χ3n) is 6.74. The SMILES string of the molecule is CN=C(NCCN1CCC(Nc2nc3ccccc3n2Cc2ccc(F)cc2)CC1)NCC(OC)OC. The summed E-state index contributed by atoms with van der Waals surface area (Å²) in [5.41, 5.74) is 3.07. The molecule has 1 aromatic heterocycles. The standard InChI is InChI=1S/C27H38FN7O2/c1-29-26(31-18-25(36-2)37-3)30-14-17-34-15-12-22(13-16-34)32-27-33-23-6-4-5-7-24(23)35(27)19-20-8-10-21(28)11-9-20/h4-11,22,25H,12-19H2,1-3H3,(H,32,33)(H2,29,30,31). The van der Waals surface area contributed by atoms with Gasteiger partial charge in [0.25, 0.3) is 0 Å². The zero-order valence-electron chi connectivity index (χ0n) is 21.9. The van der Waals surface area contributed by atoms with Crippen LogP contribution < -0.4 is 16.0 Å². The van der Waals surface area contributed by atoms with Crippen LogP contribution in [0.2, 0.25) is 0 Å². The molecule has 37 heavy (non-hydrogen) atoms. The lowest BCUT2D eigenvalue weighted by Gasteiger charge is -2.32. The molecule has 9 nitrogen and oxygen atoms in total. The number of hydrogen-bond donors (Lipinski definition) is 3. The summed E-state index contributed by atoms with van der Waals surface area (Å²) in [5, 5.41) is 10.3. The minimum Gasteiger partial charge on any atom is -0.355 e. The molecule has 200 valence electrons. The molecule has 0 atom stereocenters. The molecule has 0 unspecified atom stereocenters. The molecular formula is C27H38FN7O2. The highest BCUT2D eigenvalue weighted by atomic mass is 19.1. The van der Waals surface area contributed by atoms with Crippen LogP contribution in [0.5, 0.6) is 0 Å². The number of halogens is 1. The van der Waals surface area contributed by atoms with Gasteiger partial charge in [-0.3, -0.25) is 4.99 Å². The van der Waals surface area contributed by atoms with Crippen molar-refractivity contribution in [2.24, 2.45) is 4.99 Å². The Balaban J connectivity index is 1.28. The minimum atomic E-state index is -0.311. The van der Waals surface area contributed by atoms with Gasteiger partial charge in [-0.25, -0.2) is 9.37 Å². The molecule has 3 aromatic rings. The number of likely N-dealkylation sites (tertiary alicyclic amines) is 1. The first kappa shape index (κ1) is 26.8. The quantitative estimate of drug-likeness (QED) is 0.207. The Kier molecular flexibility index (Phi) is 9.70. The summed E-state index contributed by atoms with van der Waals surface area (Å²) < 4.78 is 26.0. The number of rotatable bonds is 11. The van der Waals surface area contributed by atoms with Crippen LogP contribution in [0.1, 0.15) is 18.4 Å². The molecule has 1 aliphatic heterocycles. The van der Waals surface area contributed by atoms with E-state index in [0.29, 0.717) is 19.1 Å². The van der Waals surface area contributed by atoms with E-state index in [-0.39, 0.29) is 12.1 Å². The number of anilines is 1. The maximum atomic E-state index is 13.4. The third kappa shape index (κ3) is 7.41. The highest BCUT2D eigenvalue weighted by Gasteiger charge is 2.21. The van der Waals surface area contributed by atoms with E-state index in [4.69, 9.17) is 14.5 Å². The molecule has 2 heterocycles. The average Bonchev–Trinajstić information content (AvgIpc) is 3.27. The van der Waals surface area contributed by atoms with Gasteiger partial charge >= 0.3 is 0 Å². The number of guanidine groups is 1. The van der Waals surface area contributed by atoms with Crippen molar-refractivity contribution in [2.45, 2.75) is 31.7 Å². The molecular weight excluding hydrogens is 473 g/mol. The van der Waals surface area contributed by atoms with E-state index in [0.717, 1.165) is 67.5 Å². The number of ether oxygens (including phenoxy) is 2. The molecule has 0 saturated carbocycles. The first-order valence-corrected chi connectivity index (χ1v) is 12.8. The average molecular weight is 512 g/mol. The minimum absolute atomic E-state index is 0.222. The van der Waals surface area contributed by atoms with E-state index >= 15 is 0 Å². The van der Waals surface area contributed by atoms with Gasteiger partial charge in [0.1, 0.15) is 5.82 Å². The number of aromatic nitrogens is 2. The molecule has 0 radical (unpaired) electrons. The van der Waals surface area contributed by atoms with Crippen LogP contribution in [0.3, 0.4) is 0 Å². The molecule has 1 aliphatic rings. The Hall–Kier alpha value is -3.21. The van der Waals surface area contributed by atoms with Crippen LogP contribution in [0.15, 0.2) is 53.5 Å². The van der Waals surface area contributed by atoms with Crippen LogP contribution >= 0.6 is 0 Å². The predicted molar refractivity (Wildman–Crippen MR) is 145 cm³/mol. The fourth-order valence-corrected chi connectivity index (χ4v) is 4.60. The van der Waals surface area contributed by atoms with Crippen molar-refractivity contribution < 1.29 is 13.9 Å². The van der Waals surface area contributed by atoms with Crippen molar-refractivity contribution in [1.82, 2.24) is 25.1 Å². The number of hydrogen-bond acceptors (Lipinski definition) is 6. The fraction of sp³-hybridized carbons (Fsp3) is 0.481.